The van der Waals surface area contributed by atoms with Crippen LogP contribution in [0.2, 0.25) is 26.2 Å². The van der Waals surface area contributed by atoms with Crippen LogP contribution in [0, 0.1) is 13.8 Å². The van der Waals surface area contributed by atoms with Crippen molar-refractivity contribution in [2.24, 2.45) is 0 Å². The molecule has 0 N–H and O–H groups in total. The van der Waals surface area contributed by atoms with Crippen LogP contribution in [0.15, 0.2) is 36.4 Å². The zero-order valence-corrected chi connectivity index (χ0v) is 19.6. The smallest absolute Gasteiger partial charge is 0.0800 e. The molecule has 136 valence electrons. The molecule has 0 atom stereocenters. The van der Waals surface area contributed by atoms with Crippen molar-refractivity contribution < 1.29 is 0 Å². The fraction of sp³-hybridized carbons (Fsp3) is 0.333. The standard InChI is InChI=1S/C24H32Si2/c1-9-11-19-15-21-22-16-20(12-10-2)18(4)14-24(22)26(7,8)25(5,6)23(21)13-17(19)3/h9-16H,1-8H3/b11-9+,12-10+. The minimum Gasteiger partial charge on any atom is -0.0871 e. The number of hydrogen-bond donors (Lipinski definition) is 0. The Morgan fingerprint density at radius 3 is 1.27 bits per heavy atom. The minimum absolute atomic E-state index is 1.36. The number of benzene rings is 2. The van der Waals surface area contributed by atoms with Crippen LogP contribution in [0.5, 0.6) is 0 Å². The number of allylic oxidation sites excluding steroid dienone is 2. The van der Waals surface area contributed by atoms with Crippen molar-refractivity contribution in [3.8, 4) is 11.1 Å². The van der Waals surface area contributed by atoms with Gasteiger partial charge in [0.05, 0.1) is 15.2 Å². The van der Waals surface area contributed by atoms with E-state index < -0.39 is 15.2 Å². The lowest BCUT2D eigenvalue weighted by Crippen LogP contribution is -2.72. The SMILES string of the molecule is C/C=C/c1cc2c(cc1C)[Si](C)(C)[Si](C)(C)c1cc(C)c(/C=C/C)cc1-2. The molecule has 0 bridgehead atoms. The quantitative estimate of drug-likeness (QED) is 0.567. The van der Waals surface area contributed by atoms with Gasteiger partial charge in [-0.3, -0.25) is 0 Å². The average molecular weight is 377 g/mol. The predicted octanol–water partition coefficient (Wildman–Crippen LogP) is 5.96. The van der Waals surface area contributed by atoms with E-state index in [1.165, 1.54) is 33.4 Å². The van der Waals surface area contributed by atoms with Gasteiger partial charge in [-0.05, 0) is 73.2 Å². The topological polar surface area (TPSA) is 0 Å². The molecule has 0 fully saturated rings. The fourth-order valence-electron chi connectivity index (χ4n) is 4.32. The zero-order chi connectivity index (χ0) is 19.3. The highest BCUT2D eigenvalue weighted by atomic mass is 29.3. The summed E-state index contributed by atoms with van der Waals surface area (Å²) < 4.78 is 0. The van der Waals surface area contributed by atoms with Crippen molar-refractivity contribution in [2.75, 3.05) is 0 Å². The third-order valence-electron chi connectivity index (χ3n) is 6.70. The molecule has 0 saturated heterocycles. The predicted molar refractivity (Wildman–Crippen MR) is 125 cm³/mol. The molecule has 2 aromatic carbocycles. The van der Waals surface area contributed by atoms with E-state index in [2.05, 4.69) is 102 Å². The second-order valence-electron chi connectivity index (χ2n) is 8.76. The Hall–Kier alpha value is -1.65. The molecule has 0 aromatic heterocycles. The molecule has 0 unspecified atom stereocenters. The summed E-state index contributed by atoms with van der Waals surface area (Å²) >= 11 is 0. The summed E-state index contributed by atoms with van der Waals surface area (Å²) in [6.45, 7) is 19.2. The Labute approximate surface area is 161 Å². The van der Waals surface area contributed by atoms with Crippen LogP contribution >= 0.6 is 0 Å². The summed E-state index contributed by atoms with van der Waals surface area (Å²) in [5.74, 6) is 0. The summed E-state index contributed by atoms with van der Waals surface area (Å²) in [6, 6.07) is 9.95. The Kier molecular flexibility index (Phi) is 4.79. The largest absolute Gasteiger partial charge is 0.0871 e. The molecule has 2 aromatic rings. The molecule has 0 radical (unpaired) electrons. The highest BCUT2D eigenvalue weighted by Crippen LogP contribution is 2.35. The van der Waals surface area contributed by atoms with Gasteiger partial charge in [0.2, 0.25) is 0 Å². The van der Waals surface area contributed by atoms with E-state index in [9.17, 15) is 0 Å². The van der Waals surface area contributed by atoms with Gasteiger partial charge in [-0.15, -0.1) is 0 Å². The van der Waals surface area contributed by atoms with Crippen LogP contribution in [0.4, 0.5) is 0 Å². The molecule has 1 aliphatic heterocycles. The molecule has 1 aliphatic rings. The van der Waals surface area contributed by atoms with Gasteiger partial charge in [0.1, 0.15) is 0 Å². The third kappa shape index (κ3) is 2.71. The van der Waals surface area contributed by atoms with Crippen molar-refractivity contribution in [2.45, 2.75) is 53.9 Å². The highest BCUT2D eigenvalue weighted by molar-refractivity contribution is 7.50. The van der Waals surface area contributed by atoms with Crippen molar-refractivity contribution >= 4 is 37.7 Å². The molecule has 0 amide bonds. The number of fused-ring (bicyclic) bond motifs is 3. The van der Waals surface area contributed by atoms with E-state index in [1.54, 1.807) is 10.4 Å². The first-order valence-electron chi connectivity index (χ1n) is 9.71. The van der Waals surface area contributed by atoms with Crippen LogP contribution in [-0.2, 0) is 0 Å². The van der Waals surface area contributed by atoms with Gasteiger partial charge in [-0.2, -0.15) is 0 Å². The summed E-state index contributed by atoms with van der Waals surface area (Å²) in [4.78, 5) is 0. The first kappa shape index (κ1) is 19.1. The lowest BCUT2D eigenvalue weighted by atomic mass is 9.95. The second-order valence-corrected chi connectivity index (χ2v) is 23.8. The van der Waals surface area contributed by atoms with Gasteiger partial charge < -0.3 is 0 Å². The summed E-state index contributed by atoms with van der Waals surface area (Å²) in [7, 11) is -3.06. The lowest BCUT2D eigenvalue weighted by molar-refractivity contribution is 1.42. The summed E-state index contributed by atoms with van der Waals surface area (Å²) in [5.41, 5.74) is 8.53. The van der Waals surface area contributed by atoms with Gasteiger partial charge in [0.15, 0.2) is 0 Å². The molecule has 3 rings (SSSR count). The maximum Gasteiger partial charge on any atom is 0.0800 e. The highest BCUT2D eigenvalue weighted by Gasteiger charge is 2.49. The monoisotopic (exact) mass is 376 g/mol. The molecular weight excluding hydrogens is 344 g/mol. The van der Waals surface area contributed by atoms with Crippen LogP contribution in [0.3, 0.4) is 0 Å². The van der Waals surface area contributed by atoms with E-state index in [0.29, 0.717) is 0 Å². The van der Waals surface area contributed by atoms with E-state index >= 15 is 0 Å². The van der Waals surface area contributed by atoms with Crippen LogP contribution in [0.1, 0.15) is 36.1 Å². The normalized spacial score (nSPS) is 17.5. The number of rotatable bonds is 2. The van der Waals surface area contributed by atoms with Crippen molar-refractivity contribution in [3.63, 3.8) is 0 Å². The third-order valence-corrected chi connectivity index (χ3v) is 24.3. The van der Waals surface area contributed by atoms with E-state index in [1.807, 2.05) is 0 Å². The van der Waals surface area contributed by atoms with Gasteiger partial charge in [-0.25, -0.2) is 0 Å². The molecule has 26 heavy (non-hydrogen) atoms. The Balaban J connectivity index is 2.44. The average Bonchev–Trinajstić information content (AvgIpc) is 2.57. The van der Waals surface area contributed by atoms with Crippen molar-refractivity contribution in [1.82, 2.24) is 0 Å². The molecule has 1 heterocycles. The number of aryl methyl sites for hydroxylation is 2. The Bertz CT molecular complexity index is 850. The fourth-order valence-corrected chi connectivity index (χ4v) is 13.9. The van der Waals surface area contributed by atoms with Gasteiger partial charge in [0, 0.05) is 0 Å². The maximum atomic E-state index is 2.60. The molecule has 0 saturated carbocycles. The van der Waals surface area contributed by atoms with Crippen LogP contribution in [0.25, 0.3) is 23.3 Å². The van der Waals surface area contributed by atoms with Gasteiger partial charge >= 0.3 is 0 Å². The molecule has 0 nitrogen and oxygen atoms in total. The molecule has 2 heteroatoms. The maximum absolute atomic E-state index is 2.60. The first-order valence-corrected chi connectivity index (χ1v) is 16.7. The Morgan fingerprint density at radius 1 is 0.615 bits per heavy atom. The van der Waals surface area contributed by atoms with Gasteiger partial charge in [-0.1, -0.05) is 73.0 Å². The Morgan fingerprint density at radius 2 is 0.962 bits per heavy atom. The summed E-state index contributed by atoms with van der Waals surface area (Å²) in [6.07, 6.45) is 8.81. The lowest BCUT2D eigenvalue weighted by Gasteiger charge is -2.46. The second kappa shape index (κ2) is 6.51. The van der Waals surface area contributed by atoms with Crippen molar-refractivity contribution in [1.29, 1.82) is 0 Å². The van der Waals surface area contributed by atoms with Gasteiger partial charge in [0.25, 0.3) is 0 Å². The van der Waals surface area contributed by atoms with E-state index in [0.717, 1.165) is 0 Å². The van der Waals surface area contributed by atoms with E-state index in [-0.39, 0.29) is 0 Å². The van der Waals surface area contributed by atoms with Crippen molar-refractivity contribution in [3.05, 3.63) is 58.7 Å². The molecule has 0 spiro atoms. The summed E-state index contributed by atoms with van der Waals surface area (Å²) in [5, 5.41) is 3.34. The first-order chi connectivity index (χ1) is 12.1. The van der Waals surface area contributed by atoms with Crippen LogP contribution < -0.4 is 10.4 Å². The van der Waals surface area contributed by atoms with Crippen LogP contribution in [-0.4, -0.2) is 15.2 Å². The van der Waals surface area contributed by atoms with E-state index in [4.69, 9.17) is 0 Å². The zero-order valence-electron chi connectivity index (χ0n) is 17.6. The molecule has 0 aliphatic carbocycles. The minimum atomic E-state index is -1.53. The number of hydrogen-bond acceptors (Lipinski definition) is 0. The molecular formula is C24H32Si2.